The van der Waals surface area contributed by atoms with Crippen molar-refractivity contribution < 1.29 is 19.1 Å². The summed E-state index contributed by atoms with van der Waals surface area (Å²) < 4.78 is 10.3. The fraction of sp³-hybridized carbons (Fsp3) is 0.643. The number of rotatable bonds is 7. The first-order valence-corrected chi connectivity index (χ1v) is 6.52. The monoisotopic (exact) mass is 269 g/mol. The van der Waals surface area contributed by atoms with Crippen LogP contribution in [0.15, 0.2) is 10.5 Å². The molecule has 1 N–H and O–H groups in total. The van der Waals surface area contributed by atoms with Gasteiger partial charge < -0.3 is 14.3 Å². The van der Waals surface area contributed by atoms with E-state index in [1.165, 1.54) is 7.11 Å². The molecule has 0 saturated heterocycles. The Balaban J connectivity index is 2.77. The molecule has 1 aromatic heterocycles. The Kier molecular flexibility index (Phi) is 6.05. The summed E-state index contributed by atoms with van der Waals surface area (Å²) in [6.07, 6.45) is 0.724. The summed E-state index contributed by atoms with van der Waals surface area (Å²) in [4.78, 5) is 13.7. The zero-order valence-corrected chi connectivity index (χ0v) is 12.1. The number of methoxy groups -OCH3 is 1. The molecule has 1 rings (SSSR count). The number of aliphatic hydroxyl groups is 1. The highest BCUT2D eigenvalue weighted by Gasteiger charge is 2.18. The molecule has 0 saturated carbocycles. The number of carbonyl (C=O) groups is 1. The summed E-state index contributed by atoms with van der Waals surface area (Å²) in [5.74, 6) is 0.941. The first-order chi connectivity index (χ1) is 8.99. The van der Waals surface area contributed by atoms with Crippen molar-refractivity contribution in [3.63, 3.8) is 0 Å². The van der Waals surface area contributed by atoms with Gasteiger partial charge in [-0.2, -0.15) is 0 Å². The molecule has 0 aromatic carbocycles. The maximum atomic E-state index is 11.5. The minimum Gasteiger partial charge on any atom is -0.465 e. The molecule has 0 bridgehead atoms. The zero-order valence-electron chi connectivity index (χ0n) is 12.1. The van der Waals surface area contributed by atoms with Crippen LogP contribution in [-0.2, 0) is 11.3 Å². The number of carbonyl (C=O) groups excluding carboxylic acids is 1. The van der Waals surface area contributed by atoms with Crippen LogP contribution in [0.3, 0.4) is 0 Å². The van der Waals surface area contributed by atoms with Crippen LogP contribution in [0.1, 0.15) is 42.1 Å². The van der Waals surface area contributed by atoms with Crippen molar-refractivity contribution in [3.8, 4) is 0 Å². The van der Waals surface area contributed by atoms with Crippen LogP contribution < -0.4 is 0 Å². The van der Waals surface area contributed by atoms with E-state index in [0.29, 0.717) is 23.9 Å². The molecule has 1 heterocycles. The third-order valence-electron chi connectivity index (χ3n) is 3.07. The van der Waals surface area contributed by atoms with E-state index in [1.807, 2.05) is 0 Å². The van der Waals surface area contributed by atoms with Crippen LogP contribution in [0.2, 0.25) is 0 Å². The van der Waals surface area contributed by atoms with Crippen LogP contribution >= 0.6 is 0 Å². The average Bonchev–Trinajstić information content (AvgIpc) is 2.74. The molecule has 0 radical (unpaired) electrons. The fourth-order valence-corrected chi connectivity index (χ4v) is 1.93. The van der Waals surface area contributed by atoms with E-state index in [4.69, 9.17) is 14.3 Å². The van der Waals surface area contributed by atoms with Gasteiger partial charge >= 0.3 is 5.97 Å². The molecular weight excluding hydrogens is 246 g/mol. The van der Waals surface area contributed by atoms with E-state index >= 15 is 0 Å². The number of ether oxygens (including phenoxy) is 1. The third-order valence-corrected chi connectivity index (χ3v) is 3.07. The van der Waals surface area contributed by atoms with Gasteiger partial charge in [-0.15, -0.1) is 0 Å². The lowest BCUT2D eigenvalue weighted by Crippen LogP contribution is -2.31. The topological polar surface area (TPSA) is 62.9 Å². The number of nitrogens with zero attached hydrogens (tertiary/aromatic N) is 1. The van der Waals surface area contributed by atoms with Gasteiger partial charge in [0.25, 0.3) is 0 Å². The molecule has 1 aromatic rings. The summed E-state index contributed by atoms with van der Waals surface area (Å²) in [6.45, 7) is 7.52. The SMILES string of the molecule is COC(=O)c1cc(CN(CCCO)C(C)C)oc1C. The Hall–Kier alpha value is -1.33. The highest BCUT2D eigenvalue weighted by atomic mass is 16.5. The standard InChI is InChI=1S/C14H23NO4/c1-10(2)15(6-5-7-16)9-12-8-13(11(3)19-12)14(17)18-4/h8,10,16H,5-7,9H2,1-4H3. The molecule has 0 amide bonds. The summed E-state index contributed by atoms with van der Waals surface area (Å²) in [7, 11) is 1.36. The first-order valence-electron chi connectivity index (χ1n) is 6.52. The highest BCUT2D eigenvalue weighted by Crippen LogP contribution is 2.18. The van der Waals surface area contributed by atoms with Crippen molar-refractivity contribution in [1.29, 1.82) is 0 Å². The van der Waals surface area contributed by atoms with Crippen molar-refractivity contribution in [3.05, 3.63) is 23.2 Å². The Labute approximate surface area is 114 Å². The molecule has 0 atom stereocenters. The van der Waals surface area contributed by atoms with Gasteiger partial charge in [0, 0.05) is 19.2 Å². The summed E-state index contributed by atoms with van der Waals surface area (Å²) in [5.41, 5.74) is 0.475. The van der Waals surface area contributed by atoms with Crippen LogP contribution in [0, 0.1) is 6.92 Å². The Bertz CT molecular complexity index is 412. The van der Waals surface area contributed by atoms with Gasteiger partial charge in [-0.3, -0.25) is 4.90 Å². The first kappa shape index (κ1) is 15.7. The lowest BCUT2D eigenvalue weighted by atomic mass is 10.2. The number of aryl methyl sites for hydroxylation is 1. The van der Waals surface area contributed by atoms with Gasteiger partial charge in [-0.25, -0.2) is 4.79 Å². The molecule has 108 valence electrons. The van der Waals surface area contributed by atoms with E-state index in [9.17, 15) is 4.79 Å². The second kappa shape index (κ2) is 7.31. The van der Waals surface area contributed by atoms with Crippen molar-refractivity contribution in [2.24, 2.45) is 0 Å². The minimum atomic E-state index is -0.376. The maximum Gasteiger partial charge on any atom is 0.341 e. The summed E-state index contributed by atoms with van der Waals surface area (Å²) >= 11 is 0. The van der Waals surface area contributed by atoms with Crippen LogP contribution in [0.4, 0.5) is 0 Å². The smallest absolute Gasteiger partial charge is 0.341 e. The second-order valence-corrected chi connectivity index (χ2v) is 4.82. The number of aliphatic hydroxyl groups excluding tert-OH is 1. The molecule has 0 aliphatic carbocycles. The van der Waals surface area contributed by atoms with Gasteiger partial charge in [0.2, 0.25) is 0 Å². The van der Waals surface area contributed by atoms with Gasteiger partial charge in [-0.1, -0.05) is 0 Å². The Morgan fingerprint density at radius 2 is 2.21 bits per heavy atom. The van der Waals surface area contributed by atoms with Gasteiger partial charge in [-0.05, 0) is 33.3 Å². The maximum absolute atomic E-state index is 11.5. The molecule has 0 unspecified atom stereocenters. The highest BCUT2D eigenvalue weighted by molar-refractivity contribution is 5.90. The van der Waals surface area contributed by atoms with Crippen molar-refractivity contribution in [2.75, 3.05) is 20.3 Å². The molecule has 5 nitrogen and oxygen atoms in total. The predicted octanol–water partition coefficient (Wildman–Crippen LogP) is 1.97. The van der Waals surface area contributed by atoms with Crippen molar-refractivity contribution in [1.82, 2.24) is 4.90 Å². The molecule has 0 spiro atoms. The molecular formula is C14H23NO4. The quantitative estimate of drug-likeness (QED) is 0.767. The number of furan rings is 1. The van der Waals surface area contributed by atoms with Gasteiger partial charge in [0.15, 0.2) is 0 Å². The minimum absolute atomic E-state index is 0.174. The van der Waals surface area contributed by atoms with E-state index < -0.39 is 0 Å². The number of hydrogen-bond donors (Lipinski definition) is 1. The van der Waals surface area contributed by atoms with E-state index in [1.54, 1.807) is 13.0 Å². The number of esters is 1. The van der Waals surface area contributed by atoms with Crippen LogP contribution in [-0.4, -0.2) is 42.3 Å². The Morgan fingerprint density at radius 1 is 1.53 bits per heavy atom. The fourth-order valence-electron chi connectivity index (χ4n) is 1.93. The molecule has 0 aliphatic heterocycles. The van der Waals surface area contributed by atoms with Crippen LogP contribution in [0.5, 0.6) is 0 Å². The largest absolute Gasteiger partial charge is 0.465 e. The van der Waals surface area contributed by atoms with Gasteiger partial charge in [0.05, 0.1) is 13.7 Å². The Morgan fingerprint density at radius 3 is 2.74 bits per heavy atom. The normalized spacial score (nSPS) is 11.3. The number of hydrogen-bond acceptors (Lipinski definition) is 5. The lowest BCUT2D eigenvalue weighted by molar-refractivity contribution is 0.0599. The van der Waals surface area contributed by atoms with Gasteiger partial charge in [0.1, 0.15) is 17.1 Å². The second-order valence-electron chi connectivity index (χ2n) is 4.82. The summed E-state index contributed by atoms with van der Waals surface area (Å²) in [5, 5.41) is 8.90. The zero-order chi connectivity index (χ0) is 14.4. The predicted molar refractivity (Wildman–Crippen MR) is 72.0 cm³/mol. The van der Waals surface area contributed by atoms with Crippen LogP contribution in [0.25, 0.3) is 0 Å². The van der Waals surface area contributed by atoms with Crippen molar-refractivity contribution >= 4 is 5.97 Å². The van der Waals surface area contributed by atoms with E-state index in [-0.39, 0.29) is 12.6 Å². The molecule has 19 heavy (non-hydrogen) atoms. The molecule has 0 aliphatic rings. The van der Waals surface area contributed by atoms with Crippen molar-refractivity contribution in [2.45, 2.75) is 39.8 Å². The summed E-state index contributed by atoms with van der Waals surface area (Å²) in [6, 6.07) is 2.08. The average molecular weight is 269 g/mol. The molecule has 0 fully saturated rings. The third kappa shape index (κ3) is 4.36. The van der Waals surface area contributed by atoms with E-state index in [0.717, 1.165) is 18.7 Å². The lowest BCUT2D eigenvalue weighted by Gasteiger charge is -2.24. The van der Waals surface area contributed by atoms with E-state index in [2.05, 4.69) is 18.7 Å². The molecule has 5 heteroatoms.